The van der Waals surface area contributed by atoms with Crippen LogP contribution in [0.4, 0.5) is 5.00 Å². The van der Waals surface area contributed by atoms with Gasteiger partial charge in [-0.3, -0.25) is 4.79 Å². The van der Waals surface area contributed by atoms with Crippen LogP contribution >= 0.6 is 11.3 Å². The highest BCUT2D eigenvalue weighted by atomic mass is 32.1. The molecular formula is C15H21NO3S. The van der Waals surface area contributed by atoms with E-state index in [0.717, 1.165) is 23.3 Å². The molecule has 1 amide bonds. The molecule has 110 valence electrons. The van der Waals surface area contributed by atoms with Crippen molar-refractivity contribution in [2.24, 2.45) is 5.92 Å². The molecule has 1 aliphatic carbocycles. The largest absolute Gasteiger partial charge is 0.462 e. The molecule has 5 heteroatoms. The SMILES string of the molecule is CCOC(=O)c1c(NC(=O)CC2CCC2)sc(C)c1C. The first-order valence-electron chi connectivity index (χ1n) is 7.09. The minimum Gasteiger partial charge on any atom is -0.462 e. The lowest BCUT2D eigenvalue weighted by atomic mass is 9.83. The van der Waals surface area contributed by atoms with Gasteiger partial charge in [-0.15, -0.1) is 11.3 Å². The van der Waals surface area contributed by atoms with E-state index in [1.807, 2.05) is 13.8 Å². The monoisotopic (exact) mass is 295 g/mol. The lowest BCUT2D eigenvalue weighted by Gasteiger charge is -2.24. The first-order chi connectivity index (χ1) is 9.52. The van der Waals surface area contributed by atoms with Crippen molar-refractivity contribution in [2.75, 3.05) is 11.9 Å². The molecule has 0 radical (unpaired) electrons. The van der Waals surface area contributed by atoms with Gasteiger partial charge >= 0.3 is 5.97 Å². The van der Waals surface area contributed by atoms with E-state index in [1.54, 1.807) is 6.92 Å². The number of nitrogens with one attached hydrogen (secondary N) is 1. The zero-order valence-electron chi connectivity index (χ0n) is 12.2. The lowest BCUT2D eigenvalue weighted by molar-refractivity contribution is -0.117. The Morgan fingerprint density at radius 3 is 2.60 bits per heavy atom. The van der Waals surface area contributed by atoms with Crippen LogP contribution in [0.15, 0.2) is 0 Å². The zero-order valence-corrected chi connectivity index (χ0v) is 13.1. The first kappa shape index (κ1) is 15.0. The number of hydrogen-bond donors (Lipinski definition) is 1. The Labute approximate surface area is 123 Å². The quantitative estimate of drug-likeness (QED) is 0.843. The summed E-state index contributed by atoms with van der Waals surface area (Å²) in [4.78, 5) is 25.1. The summed E-state index contributed by atoms with van der Waals surface area (Å²) in [6.07, 6.45) is 4.06. The first-order valence-corrected chi connectivity index (χ1v) is 7.91. The third-order valence-corrected chi connectivity index (χ3v) is 4.94. The minimum atomic E-state index is -0.353. The highest BCUT2D eigenvalue weighted by Crippen LogP contribution is 2.34. The number of anilines is 1. The number of aryl methyl sites for hydroxylation is 1. The maximum absolute atomic E-state index is 12.0. The molecule has 1 fully saturated rings. The molecule has 1 aliphatic rings. The van der Waals surface area contributed by atoms with Gasteiger partial charge < -0.3 is 10.1 Å². The summed E-state index contributed by atoms with van der Waals surface area (Å²) in [6, 6.07) is 0. The molecule has 4 nitrogen and oxygen atoms in total. The summed E-state index contributed by atoms with van der Waals surface area (Å²) < 4.78 is 5.07. The van der Waals surface area contributed by atoms with Crippen molar-refractivity contribution in [3.05, 3.63) is 16.0 Å². The molecule has 1 aromatic rings. The normalized spacial score (nSPS) is 14.8. The summed E-state index contributed by atoms with van der Waals surface area (Å²) in [7, 11) is 0. The van der Waals surface area contributed by atoms with Crippen molar-refractivity contribution in [2.45, 2.75) is 46.5 Å². The van der Waals surface area contributed by atoms with Crippen LogP contribution in [0.1, 0.15) is 53.4 Å². The van der Waals surface area contributed by atoms with E-state index in [4.69, 9.17) is 4.74 Å². The molecule has 0 aromatic carbocycles. The van der Waals surface area contributed by atoms with Crippen molar-refractivity contribution < 1.29 is 14.3 Å². The van der Waals surface area contributed by atoms with Crippen molar-refractivity contribution in [1.82, 2.24) is 0 Å². The van der Waals surface area contributed by atoms with Gasteiger partial charge in [-0.1, -0.05) is 6.42 Å². The van der Waals surface area contributed by atoms with Crippen LogP contribution in [0.3, 0.4) is 0 Å². The Morgan fingerprint density at radius 2 is 2.05 bits per heavy atom. The average Bonchev–Trinajstić information content (AvgIpc) is 2.60. The highest BCUT2D eigenvalue weighted by Gasteiger charge is 2.24. The third-order valence-electron chi connectivity index (χ3n) is 3.82. The maximum Gasteiger partial charge on any atom is 0.341 e. The van der Waals surface area contributed by atoms with Crippen LogP contribution < -0.4 is 5.32 Å². The summed E-state index contributed by atoms with van der Waals surface area (Å²) >= 11 is 1.44. The van der Waals surface area contributed by atoms with Gasteiger partial charge in [0.1, 0.15) is 5.00 Å². The van der Waals surface area contributed by atoms with Crippen LogP contribution in [0.2, 0.25) is 0 Å². The van der Waals surface area contributed by atoms with Crippen LogP contribution in [0.25, 0.3) is 0 Å². The molecule has 0 bridgehead atoms. The fourth-order valence-corrected chi connectivity index (χ4v) is 3.37. The molecule has 0 atom stereocenters. The van der Waals surface area contributed by atoms with Crippen molar-refractivity contribution in [3.63, 3.8) is 0 Å². The van der Waals surface area contributed by atoms with E-state index in [1.165, 1.54) is 17.8 Å². The van der Waals surface area contributed by atoms with Gasteiger partial charge in [0.2, 0.25) is 5.91 Å². The number of rotatable bonds is 5. The molecule has 2 rings (SSSR count). The van der Waals surface area contributed by atoms with Gasteiger partial charge in [0.15, 0.2) is 0 Å². The van der Waals surface area contributed by atoms with Gasteiger partial charge in [0.05, 0.1) is 12.2 Å². The van der Waals surface area contributed by atoms with Crippen LogP contribution in [-0.2, 0) is 9.53 Å². The number of amides is 1. The zero-order chi connectivity index (χ0) is 14.7. The fourth-order valence-electron chi connectivity index (χ4n) is 2.30. The van der Waals surface area contributed by atoms with Crippen LogP contribution in [-0.4, -0.2) is 18.5 Å². The molecule has 1 saturated carbocycles. The summed E-state index contributed by atoms with van der Waals surface area (Å²) in [5.74, 6) is 0.165. The third kappa shape index (κ3) is 3.20. The Balaban J connectivity index is 2.11. The molecule has 1 aromatic heterocycles. The lowest BCUT2D eigenvalue weighted by Crippen LogP contribution is -2.21. The number of carbonyl (C=O) groups is 2. The van der Waals surface area contributed by atoms with E-state index >= 15 is 0 Å². The fraction of sp³-hybridized carbons (Fsp3) is 0.600. The Kier molecular flexibility index (Phi) is 4.81. The topological polar surface area (TPSA) is 55.4 Å². The minimum absolute atomic E-state index is 0.00139. The van der Waals surface area contributed by atoms with Gasteiger partial charge in [0.25, 0.3) is 0 Å². The number of thiophene rings is 1. The molecule has 0 spiro atoms. The predicted molar refractivity (Wildman–Crippen MR) is 80.3 cm³/mol. The maximum atomic E-state index is 12.0. The molecule has 0 unspecified atom stereocenters. The molecule has 0 aliphatic heterocycles. The number of ether oxygens (including phenoxy) is 1. The van der Waals surface area contributed by atoms with Gasteiger partial charge in [-0.25, -0.2) is 4.79 Å². The van der Waals surface area contributed by atoms with E-state index in [9.17, 15) is 9.59 Å². The smallest absolute Gasteiger partial charge is 0.341 e. The van der Waals surface area contributed by atoms with Gasteiger partial charge in [-0.05, 0) is 45.1 Å². The Bertz CT molecular complexity index is 517. The average molecular weight is 295 g/mol. The number of esters is 1. The van der Waals surface area contributed by atoms with Crippen molar-refractivity contribution >= 4 is 28.2 Å². The van der Waals surface area contributed by atoms with Gasteiger partial charge in [0, 0.05) is 11.3 Å². The molecule has 0 saturated heterocycles. The van der Waals surface area contributed by atoms with Crippen LogP contribution in [0, 0.1) is 19.8 Å². The predicted octanol–water partition coefficient (Wildman–Crippen LogP) is 3.67. The summed E-state index contributed by atoms with van der Waals surface area (Å²) in [5, 5.41) is 3.52. The molecule has 1 heterocycles. The molecule has 20 heavy (non-hydrogen) atoms. The van der Waals surface area contributed by atoms with E-state index in [-0.39, 0.29) is 11.9 Å². The standard InChI is InChI=1S/C15H21NO3S/c1-4-19-15(18)13-9(2)10(3)20-14(13)16-12(17)8-11-6-5-7-11/h11H,4-8H2,1-3H3,(H,16,17). The highest BCUT2D eigenvalue weighted by molar-refractivity contribution is 7.16. The second-order valence-electron chi connectivity index (χ2n) is 5.26. The summed E-state index contributed by atoms with van der Waals surface area (Å²) in [5.41, 5.74) is 1.41. The van der Waals surface area contributed by atoms with E-state index in [0.29, 0.717) is 29.5 Å². The summed E-state index contributed by atoms with van der Waals surface area (Å²) in [6.45, 7) is 5.95. The Morgan fingerprint density at radius 1 is 1.35 bits per heavy atom. The second-order valence-corrected chi connectivity index (χ2v) is 6.48. The molecular weight excluding hydrogens is 274 g/mol. The van der Waals surface area contributed by atoms with Crippen molar-refractivity contribution in [1.29, 1.82) is 0 Å². The number of hydrogen-bond acceptors (Lipinski definition) is 4. The van der Waals surface area contributed by atoms with Gasteiger partial charge in [-0.2, -0.15) is 0 Å². The number of carbonyl (C=O) groups excluding carboxylic acids is 2. The van der Waals surface area contributed by atoms with Crippen LogP contribution in [0.5, 0.6) is 0 Å². The second kappa shape index (κ2) is 6.39. The van der Waals surface area contributed by atoms with E-state index < -0.39 is 0 Å². The molecule has 1 N–H and O–H groups in total. The Hall–Kier alpha value is -1.36. The van der Waals surface area contributed by atoms with Crippen molar-refractivity contribution in [3.8, 4) is 0 Å². The van der Waals surface area contributed by atoms with E-state index in [2.05, 4.69) is 5.32 Å².